The minimum absolute atomic E-state index is 0.0610. The van der Waals surface area contributed by atoms with Crippen molar-refractivity contribution in [2.75, 3.05) is 19.9 Å². The van der Waals surface area contributed by atoms with Gasteiger partial charge in [-0.25, -0.2) is 0 Å². The van der Waals surface area contributed by atoms with E-state index in [1.807, 2.05) is 7.05 Å². The predicted octanol–water partition coefficient (Wildman–Crippen LogP) is 1.21. The van der Waals surface area contributed by atoms with Crippen molar-refractivity contribution in [3.63, 3.8) is 0 Å². The fourth-order valence-electron chi connectivity index (χ4n) is 1.49. The van der Waals surface area contributed by atoms with Crippen LogP contribution in [0.25, 0.3) is 0 Å². The summed E-state index contributed by atoms with van der Waals surface area (Å²) in [6, 6.07) is 0.0610. The molecule has 0 aromatic heterocycles. The van der Waals surface area contributed by atoms with Crippen LogP contribution in [-0.4, -0.2) is 30.6 Å². The molecule has 0 spiro atoms. The van der Waals surface area contributed by atoms with Crippen molar-refractivity contribution in [2.24, 2.45) is 5.92 Å². The van der Waals surface area contributed by atoms with E-state index in [2.05, 4.69) is 23.2 Å². The summed E-state index contributed by atoms with van der Waals surface area (Å²) in [5.74, 6) is 5.61. The van der Waals surface area contributed by atoms with Crippen LogP contribution in [0.4, 0.5) is 0 Å². The zero-order chi connectivity index (χ0) is 9.35. The molecule has 0 N–H and O–H groups in total. The monoisotopic (exact) mass is 197 g/mol. The summed E-state index contributed by atoms with van der Waals surface area (Å²) in [6.07, 6.45) is 10.3. The molecule has 1 aliphatic rings. The minimum Gasteiger partial charge on any atom is -0.263 e. The second kappa shape index (κ2) is 3.23. The predicted molar refractivity (Wildman–Crippen MR) is 57.8 cm³/mol. The van der Waals surface area contributed by atoms with Gasteiger partial charge in [0.05, 0.1) is 12.0 Å². The smallest absolute Gasteiger partial charge is 0.0890 e. The molecule has 1 nitrogen and oxygen atoms in total. The van der Waals surface area contributed by atoms with E-state index in [1.165, 1.54) is 0 Å². The van der Waals surface area contributed by atoms with E-state index in [0.29, 0.717) is 0 Å². The highest BCUT2D eigenvalue weighted by atomic mass is 32.4. The molecule has 1 fully saturated rings. The van der Waals surface area contributed by atoms with E-state index in [9.17, 15) is 0 Å². The van der Waals surface area contributed by atoms with Crippen LogP contribution in [0.1, 0.15) is 0 Å². The lowest BCUT2D eigenvalue weighted by Gasteiger charge is -2.22. The van der Waals surface area contributed by atoms with Gasteiger partial charge in [0, 0.05) is 12.4 Å². The number of hydrogen-bond donors (Lipinski definition) is 0. The summed E-state index contributed by atoms with van der Waals surface area (Å²) in [6.45, 7) is 2.10. The molecule has 0 aromatic carbocycles. The average Bonchev–Trinajstić information content (AvgIpc) is 2.24. The van der Waals surface area contributed by atoms with Gasteiger partial charge < -0.3 is 0 Å². The summed E-state index contributed by atoms with van der Waals surface area (Å²) in [4.78, 5) is 0. The molecule has 0 amide bonds. The minimum atomic E-state index is -1.40. The van der Waals surface area contributed by atoms with Gasteiger partial charge in [-0.05, 0) is 13.7 Å². The maximum Gasteiger partial charge on any atom is 0.0890 e. The van der Waals surface area contributed by atoms with Crippen LogP contribution < -0.4 is 0 Å². The first-order valence-corrected chi connectivity index (χ1v) is 7.14. The fraction of sp³-hybridized carbons (Fsp3) is 0.556. The van der Waals surface area contributed by atoms with Crippen molar-refractivity contribution in [1.82, 2.24) is 4.67 Å². The largest absolute Gasteiger partial charge is 0.263 e. The second-order valence-electron chi connectivity index (χ2n) is 3.19. The fourth-order valence-corrected chi connectivity index (χ4v) is 4.32. The summed E-state index contributed by atoms with van der Waals surface area (Å²) in [5, 5.41) is 0. The van der Waals surface area contributed by atoms with Crippen LogP contribution >= 0.6 is 6.19 Å². The second-order valence-corrected chi connectivity index (χ2v) is 8.65. The van der Waals surface area contributed by atoms with Crippen LogP contribution in [0.15, 0.2) is 0 Å². The topological polar surface area (TPSA) is 3.24 Å². The van der Waals surface area contributed by atoms with Crippen molar-refractivity contribution < 1.29 is 0 Å². The third-order valence-electron chi connectivity index (χ3n) is 2.37. The number of terminal acetylenes is 2. The van der Waals surface area contributed by atoms with E-state index in [0.717, 1.165) is 6.16 Å². The summed E-state index contributed by atoms with van der Waals surface area (Å²) in [5.41, 5.74) is 0. The Labute approximate surface area is 79.6 Å². The van der Waals surface area contributed by atoms with Crippen molar-refractivity contribution >= 4 is 18.0 Å². The Morgan fingerprint density at radius 3 is 2.42 bits per heavy atom. The van der Waals surface area contributed by atoms with E-state index in [4.69, 9.17) is 24.7 Å². The van der Waals surface area contributed by atoms with Crippen LogP contribution in [0.3, 0.4) is 0 Å². The molecule has 0 radical (unpaired) electrons. The molecular formula is C9H12NPS. The highest BCUT2D eigenvalue weighted by molar-refractivity contribution is 8.13. The van der Waals surface area contributed by atoms with Crippen LogP contribution in [0, 0.1) is 30.6 Å². The van der Waals surface area contributed by atoms with Gasteiger partial charge in [0.25, 0.3) is 0 Å². The van der Waals surface area contributed by atoms with Crippen LogP contribution in [-0.2, 0) is 11.8 Å². The van der Waals surface area contributed by atoms with E-state index in [-0.39, 0.29) is 12.0 Å². The van der Waals surface area contributed by atoms with Crippen LogP contribution in [0.2, 0.25) is 0 Å². The molecule has 1 aliphatic heterocycles. The van der Waals surface area contributed by atoms with E-state index in [1.54, 1.807) is 0 Å². The maximum absolute atomic E-state index is 5.46. The Hall–Kier alpha value is -0.270. The highest BCUT2D eigenvalue weighted by Gasteiger charge is 2.38. The van der Waals surface area contributed by atoms with Gasteiger partial charge in [0.1, 0.15) is 0 Å². The third-order valence-corrected chi connectivity index (χ3v) is 6.25. The molecular weight excluding hydrogens is 185 g/mol. The molecule has 3 atom stereocenters. The number of rotatable bonds is 0. The first kappa shape index (κ1) is 9.82. The summed E-state index contributed by atoms with van der Waals surface area (Å²) in [7, 11) is 1.99. The highest BCUT2D eigenvalue weighted by Crippen LogP contribution is 2.54. The Balaban J connectivity index is 2.99. The number of nitrogens with zero attached hydrogens (tertiary/aromatic N) is 1. The molecule has 3 heteroatoms. The van der Waals surface area contributed by atoms with Gasteiger partial charge in [-0.2, -0.15) is 0 Å². The van der Waals surface area contributed by atoms with Gasteiger partial charge in [-0.3, -0.25) is 4.67 Å². The average molecular weight is 197 g/mol. The van der Waals surface area contributed by atoms with Crippen molar-refractivity contribution in [3.8, 4) is 24.7 Å². The first-order chi connectivity index (χ1) is 5.53. The standard InChI is InChI=1S/C9H12NPS/c1-5-8-7-11(4,12)10(3)9(8)6-2/h1-2,8-9H,7H2,3-4H3. The van der Waals surface area contributed by atoms with Crippen molar-refractivity contribution in [3.05, 3.63) is 0 Å². The maximum atomic E-state index is 5.46. The van der Waals surface area contributed by atoms with E-state index >= 15 is 0 Å². The molecule has 1 saturated heterocycles. The first-order valence-electron chi connectivity index (χ1n) is 3.75. The molecule has 1 heterocycles. The zero-order valence-electron chi connectivity index (χ0n) is 7.32. The molecule has 0 aromatic rings. The molecule has 3 unspecified atom stereocenters. The lowest BCUT2D eigenvalue weighted by molar-refractivity contribution is 0.457. The molecule has 0 saturated carbocycles. The third kappa shape index (κ3) is 1.44. The summed E-state index contributed by atoms with van der Waals surface area (Å²) < 4.78 is 2.12. The van der Waals surface area contributed by atoms with Gasteiger partial charge >= 0.3 is 0 Å². The lowest BCUT2D eigenvalue weighted by atomic mass is 10.0. The molecule has 64 valence electrons. The van der Waals surface area contributed by atoms with E-state index < -0.39 is 6.19 Å². The SMILES string of the molecule is C#CC1CP(C)(=S)N(C)C1C#C. The van der Waals surface area contributed by atoms with Gasteiger partial charge in [0.15, 0.2) is 0 Å². The van der Waals surface area contributed by atoms with Crippen molar-refractivity contribution in [1.29, 1.82) is 0 Å². The van der Waals surface area contributed by atoms with Gasteiger partial charge in [-0.15, -0.1) is 18.8 Å². The quantitative estimate of drug-likeness (QED) is 0.424. The Morgan fingerprint density at radius 2 is 2.08 bits per heavy atom. The van der Waals surface area contributed by atoms with Crippen molar-refractivity contribution in [2.45, 2.75) is 6.04 Å². The van der Waals surface area contributed by atoms with Crippen LogP contribution in [0.5, 0.6) is 0 Å². The molecule has 0 aliphatic carbocycles. The van der Waals surface area contributed by atoms with Gasteiger partial charge in [0.2, 0.25) is 0 Å². The molecule has 0 bridgehead atoms. The zero-order valence-corrected chi connectivity index (χ0v) is 9.03. The summed E-state index contributed by atoms with van der Waals surface area (Å²) >= 11 is 5.46. The molecule has 1 rings (SSSR count). The van der Waals surface area contributed by atoms with Gasteiger partial charge in [-0.1, -0.05) is 17.7 Å². The lowest BCUT2D eigenvalue weighted by Crippen LogP contribution is -2.25. The Morgan fingerprint density at radius 1 is 1.50 bits per heavy atom. The molecule has 12 heavy (non-hydrogen) atoms. The Bertz CT molecular complexity index is 309. The normalized spacial score (nSPS) is 42.0. The Kier molecular flexibility index (Phi) is 2.64. The number of hydrogen-bond acceptors (Lipinski definition) is 1.